The van der Waals surface area contributed by atoms with Gasteiger partial charge in [0.2, 0.25) is 5.91 Å². The van der Waals surface area contributed by atoms with Crippen LogP contribution in [0.25, 0.3) is 0 Å². The van der Waals surface area contributed by atoms with Crippen LogP contribution in [0.3, 0.4) is 0 Å². The lowest BCUT2D eigenvalue weighted by atomic mass is 9.84. The Morgan fingerprint density at radius 2 is 1.79 bits per heavy atom. The molecule has 3 aromatic rings. The van der Waals surface area contributed by atoms with Gasteiger partial charge in [-0.15, -0.1) is 0 Å². The molecule has 0 bridgehead atoms. The third-order valence-corrected chi connectivity index (χ3v) is 8.03. The first-order valence-corrected chi connectivity index (χ1v) is 14.9. The third kappa shape index (κ3) is 8.83. The minimum Gasteiger partial charge on any atom is -0.772 e. The summed E-state index contributed by atoms with van der Waals surface area (Å²) in [4.78, 5) is 15.5. The van der Waals surface area contributed by atoms with Crippen molar-refractivity contribution in [1.29, 1.82) is 0 Å². The maximum atomic E-state index is 14.9. The highest BCUT2D eigenvalue weighted by Gasteiger charge is 2.30. The number of para-hydroxylation sites is 1. The smallest absolute Gasteiger partial charge is 0.242 e. The molecule has 0 saturated carbocycles. The molecule has 1 saturated heterocycles. The number of hydrogen-bond donors (Lipinski definition) is 3. The average Bonchev–Trinajstić information content (AvgIpc) is 2.94. The summed E-state index contributed by atoms with van der Waals surface area (Å²) in [6, 6.07) is 10.4. The van der Waals surface area contributed by atoms with Crippen LogP contribution >= 0.6 is 0 Å². The van der Waals surface area contributed by atoms with Crippen LogP contribution in [0.1, 0.15) is 29.9 Å². The molecule has 0 radical (unpaired) electrons. The first kappa shape index (κ1) is 32.6. The molecule has 13 heteroatoms. The molecule has 0 aliphatic carbocycles. The van der Waals surface area contributed by atoms with Crippen molar-refractivity contribution < 1.29 is 35.9 Å². The number of benzene rings is 3. The normalized spacial score (nSPS) is 19.4. The highest BCUT2D eigenvalue weighted by molar-refractivity contribution is 7.79. The maximum absolute atomic E-state index is 14.9. The lowest BCUT2D eigenvalue weighted by molar-refractivity contribution is -0.117. The van der Waals surface area contributed by atoms with E-state index in [9.17, 15) is 31.1 Å². The van der Waals surface area contributed by atoms with Crippen molar-refractivity contribution in [3.63, 3.8) is 0 Å². The first-order valence-electron chi connectivity index (χ1n) is 13.7. The molecule has 3 unspecified atom stereocenters. The number of nitrogens with zero attached hydrogens (tertiary/aromatic N) is 1. The number of likely N-dealkylation sites (N-methyl/N-ethyl adjacent to an activating group) is 1. The molecule has 43 heavy (non-hydrogen) atoms. The van der Waals surface area contributed by atoms with Crippen molar-refractivity contribution >= 4 is 22.7 Å². The van der Waals surface area contributed by atoms with Gasteiger partial charge in [-0.1, -0.05) is 29.3 Å². The van der Waals surface area contributed by atoms with E-state index in [1.165, 1.54) is 30.3 Å². The number of piperazine rings is 1. The monoisotopic (exact) mass is 621 g/mol. The molecule has 1 aliphatic rings. The number of carbonyl (C=O) groups is 1. The van der Waals surface area contributed by atoms with Gasteiger partial charge in [0.15, 0.2) is 11.6 Å². The summed E-state index contributed by atoms with van der Waals surface area (Å²) < 4.78 is 84.2. The van der Waals surface area contributed by atoms with Gasteiger partial charge in [0.25, 0.3) is 0 Å². The molecule has 8 nitrogen and oxygen atoms in total. The van der Waals surface area contributed by atoms with E-state index in [0.717, 1.165) is 24.3 Å². The van der Waals surface area contributed by atoms with Crippen LogP contribution in [0, 0.1) is 23.3 Å². The zero-order valence-electron chi connectivity index (χ0n) is 23.4. The van der Waals surface area contributed by atoms with Crippen molar-refractivity contribution in [2.75, 3.05) is 37.8 Å². The van der Waals surface area contributed by atoms with Crippen LogP contribution in [0.5, 0.6) is 5.75 Å². The van der Waals surface area contributed by atoms with Gasteiger partial charge >= 0.3 is 0 Å². The Kier molecular flexibility index (Phi) is 11.3. The van der Waals surface area contributed by atoms with Gasteiger partial charge in [0, 0.05) is 36.9 Å². The van der Waals surface area contributed by atoms with Gasteiger partial charge in [-0.2, -0.15) is 0 Å². The molecule has 1 amide bonds. The van der Waals surface area contributed by atoms with Crippen LogP contribution in [0.15, 0.2) is 60.7 Å². The average molecular weight is 622 g/mol. The molecule has 3 aromatic carbocycles. The van der Waals surface area contributed by atoms with E-state index in [2.05, 4.69) is 15.5 Å². The molecule has 1 aliphatic heterocycles. The van der Waals surface area contributed by atoms with E-state index in [4.69, 9.17) is 10.5 Å². The highest BCUT2D eigenvalue weighted by Crippen LogP contribution is 2.32. The Morgan fingerprint density at radius 3 is 2.44 bits per heavy atom. The number of amides is 1. The second kappa shape index (κ2) is 14.9. The Hall–Kier alpha value is -3.36. The summed E-state index contributed by atoms with van der Waals surface area (Å²) in [5.74, 6) is -4.96. The minimum atomic E-state index is -2.08. The number of carbonyl (C=O) groups excluding carboxylic acids is 1. The molecule has 4 N–H and O–H groups in total. The number of nitrogens with one attached hydrogen (secondary N) is 2. The minimum absolute atomic E-state index is 0.0105. The fourth-order valence-corrected chi connectivity index (χ4v) is 5.63. The molecule has 0 aromatic heterocycles. The molecule has 232 valence electrons. The highest BCUT2D eigenvalue weighted by atomic mass is 32.2. The fourth-order valence-electron chi connectivity index (χ4n) is 5.23. The molecule has 5 atom stereocenters. The van der Waals surface area contributed by atoms with E-state index >= 15 is 0 Å². The zero-order chi connectivity index (χ0) is 31.1. The SMILES string of the molecule is CN1CC(COc2c(F)cccc2NC(=O)[C@@H](N)[C@@H](c2ccc(F)cc2)c2cc(F)cc(F)c2)NCC1CCCS(=O)[O-]. The van der Waals surface area contributed by atoms with Crippen LogP contribution in [0.2, 0.25) is 0 Å². The van der Waals surface area contributed by atoms with Crippen LogP contribution in [-0.2, 0) is 15.9 Å². The largest absolute Gasteiger partial charge is 0.772 e. The molecule has 1 heterocycles. The molecule has 1 fully saturated rings. The van der Waals surface area contributed by atoms with Gasteiger partial charge in [0.05, 0.1) is 17.8 Å². The van der Waals surface area contributed by atoms with E-state index in [1.807, 2.05) is 7.05 Å². The summed E-state index contributed by atoms with van der Waals surface area (Å²) in [7, 11) is 1.92. The Bertz CT molecular complexity index is 1410. The van der Waals surface area contributed by atoms with Crippen LogP contribution < -0.4 is 21.1 Å². The predicted octanol–water partition coefficient (Wildman–Crippen LogP) is 3.65. The number of hydrogen-bond acceptors (Lipinski definition) is 7. The van der Waals surface area contributed by atoms with E-state index in [0.29, 0.717) is 37.6 Å². The van der Waals surface area contributed by atoms with Crippen molar-refractivity contribution in [3.8, 4) is 5.75 Å². The van der Waals surface area contributed by atoms with E-state index in [1.54, 1.807) is 0 Å². The topological polar surface area (TPSA) is 120 Å². The number of ether oxygens (including phenoxy) is 1. The van der Waals surface area contributed by atoms with Crippen molar-refractivity contribution in [2.45, 2.75) is 36.9 Å². The standard InChI is InChI=1S/C30H34F4N4O4S/c1-38-16-23(36-15-24(38)4-3-11-43(40)41)17-42-29-25(34)5-2-6-26(29)37-30(39)28(35)27(18-7-9-20(31)10-8-18)19-12-21(32)14-22(33)13-19/h2,5-10,12-14,23-24,27-28,36H,3-4,11,15-17,35H2,1H3,(H,37,39)(H,40,41)/p-1/t23?,24?,27-,28-/m0/s1. The van der Waals surface area contributed by atoms with E-state index in [-0.39, 0.29) is 41.4 Å². The van der Waals surface area contributed by atoms with Crippen LogP contribution in [0.4, 0.5) is 23.2 Å². The molecular weight excluding hydrogens is 588 g/mol. The number of halogens is 4. The van der Waals surface area contributed by atoms with Gasteiger partial charge < -0.3 is 30.6 Å². The summed E-state index contributed by atoms with van der Waals surface area (Å²) in [5.41, 5.74) is 6.75. The second-order valence-electron chi connectivity index (χ2n) is 10.5. The predicted molar refractivity (Wildman–Crippen MR) is 154 cm³/mol. The summed E-state index contributed by atoms with van der Waals surface area (Å²) >= 11 is -2.08. The Morgan fingerprint density at radius 1 is 1.09 bits per heavy atom. The summed E-state index contributed by atoms with van der Waals surface area (Å²) in [5, 5.41) is 5.91. The Balaban J connectivity index is 1.46. The lowest BCUT2D eigenvalue weighted by Gasteiger charge is -2.38. The first-order chi connectivity index (χ1) is 20.5. The number of anilines is 1. The zero-order valence-corrected chi connectivity index (χ0v) is 24.2. The molecular formula is C30H33F4N4O4S-. The Labute approximate surface area is 249 Å². The third-order valence-electron chi connectivity index (χ3n) is 7.41. The van der Waals surface area contributed by atoms with E-state index < -0.39 is 52.2 Å². The van der Waals surface area contributed by atoms with Gasteiger partial charge in [-0.25, -0.2) is 17.6 Å². The van der Waals surface area contributed by atoms with Crippen molar-refractivity contribution in [2.24, 2.45) is 5.73 Å². The lowest BCUT2D eigenvalue weighted by Crippen LogP contribution is -2.56. The number of rotatable bonds is 12. The molecule has 4 rings (SSSR count). The van der Waals surface area contributed by atoms with Crippen LogP contribution in [-0.4, -0.2) is 70.2 Å². The fraction of sp³-hybridized carbons (Fsp3) is 0.367. The van der Waals surface area contributed by atoms with Crippen molar-refractivity contribution in [1.82, 2.24) is 10.2 Å². The van der Waals surface area contributed by atoms with Crippen molar-refractivity contribution in [3.05, 3.63) is 95.1 Å². The summed E-state index contributed by atoms with van der Waals surface area (Å²) in [6.07, 6.45) is 1.25. The van der Waals surface area contributed by atoms with Gasteiger partial charge in [-0.3, -0.25) is 9.00 Å². The van der Waals surface area contributed by atoms with Gasteiger partial charge in [-0.05, 0) is 67.4 Å². The quantitative estimate of drug-likeness (QED) is 0.209. The second-order valence-corrected chi connectivity index (χ2v) is 11.5. The molecule has 0 spiro atoms. The summed E-state index contributed by atoms with van der Waals surface area (Å²) in [6.45, 7) is 1.23. The van der Waals surface area contributed by atoms with Gasteiger partial charge in [0.1, 0.15) is 24.1 Å². The number of nitrogens with two attached hydrogens (primary N) is 1. The maximum Gasteiger partial charge on any atom is 0.242 e.